The van der Waals surface area contributed by atoms with Crippen LogP contribution in [0.2, 0.25) is 0 Å². The summed E-state index contributed by atoms with van der Waals surface area (Å²) in [5.74, 6) is -1.09. The highest BCUT2D eigenvalue weighted by molar-refractivity contribution is 5.95. The largest absolute Gasteiger partial charge is 0.573 e. The third kappa shape index (κ3) is 5.91. The lowest BCUT2D eigenvalue weighted by Crippen LogP contribution is -2.30. The maximum absolute atomic E-state index is 12.2. The Morgan fingerprint density at radius 3 is 2.42 bits per heavy atom. The molecule has 3 aromatic rings. The number of carbonyl (C=O) groups excluding carboxylic acids is 2. The molecule has 7 nitrogen and oxygen atoms in total. The molecule has 1 unspecified atom stereocenters. The second-order valence-corrected chi connectivity index (χ2v) is 6.49. The van der Waals surface area contributed by atoms with Crippen molar-refractivity contribution in [1.29, 1.82) is 0 Å². The minimum atomic E-state index is -4.81. The van der Waals surface area contributed by atoms with Crippen LogP contribution >= 0.6 is 0 Å². The lowest BCUT2D eigenvalue weighted by atomic mass is 10.1. The van der Waals surface area contributed by atoms with Gasteiger partial charge in [0, 0.05) is 22.7 Å². The monoisotopic (exact) mass is 437 g/mol. The van der Waals surface area contributed by atoms with Crippen molar-refractivity contribution >= 4 is 28.5 Å². The molecule has 1 heterocycles. The van der Waals surface area contributed by atoms with E-state index in [9.17, 15) is 22.8 Å². The second kappa shape index (κ2) is 8.99. The Morgan fingerprint density at radius 2 is 1.77 bits per heavy atom. The van der Waals surface area contributed by atoms with E-state index in [1.54, 1.807) is 18.2 Å². The highest BCUT2D eigenvalue weighted by atomic mass is 19.4. The lowest BCUT2D eigenvalue weighted by Gasteiger charge is -2.14. The molecule has 1 amide bonds. The van der Waals surface area contributed by atoms with Gasteiger partial charge in [-0.25, -0.2) is 0 Å². The van der Waals surface area contributed by atoms with Crippen molar-refractivity contribution in [3.05, 3.63) is 54.3 Å². The predicted octanol–water partition coefficient (Wildman–Crippen LogP) is 4.45. The van der Waals surface area contributed by atoms with Crippen LogP contribution in [0.25, 0.3) is 11.0 Å². The van der Waals surface area contributed by atoms with Gasteiger partial charge in [-0.3, -0.25) is 9.59 Å². The summed E-state index contributed by atoms with van der Waals surface area (Å²) in [6.07, 6.45) is -4.61. The average Bonchev–Trinajstić information content (AvgIpc) is 3.10. The van der Waals surface area contributed by atoms with Crippen LogP contribution in [0, 0.1) is 0 Å². The number of hydrogen-bond acceptors (Lipinski definition) is 6. The molecule has 2 aromatic carbocycles. The molecular weight excluding hydrogens is 419 g/mol. The zero-order chi connectivity index (χ0) is 22.6. The molecule has 0 bridgehead atoms. The molecular formula is C21H18F3NO6. The molecule has 164 valence electrons. The predicted molar refractivity (Wildman–Crippen MR) is 104 cm³/mol. The first-order chi connectivity index (χ1) is 14.6. The molecule has 1 atom stereocenters. The zero-order valence-corrected chi connectivity index (χ0v) is 16.5. The topological polar surface area (TPSA) is 87.0 Å². The number of hydrogen-bond donors (Lipinski definition) is 1. The molecule has 1 N–H and O–H groups in total. The van der Waals surface area contributed by atoms with Crippen LogP contribution in [0.4, 0.5) is 18.9 Å². The number of fused-ring (bicyclic) bond motifs is 1. The quantitative estimate of drug-likeness (QED) is 0.550. The van der Waals surface area contributed by atoms with E-state index in [-0.39, 0.29) is 12.1 Å². The van der Waals surface area contributed by atoms with Gasteiger partial charge in [-0.15, -0.1) is 13.2 Å². The number of rotatable bonds is 7. The first-order valence-electron chi connectivity index (χ1n) is 9.05. The SMILES string of the molecule is COc1ccc2c(CC(=O)OC(C)C(=O)Nc3ccc(OC(F)(F)F)cc3)coc2c1. The van der Waals surface area contributed by atoms with Crippen molar-refractivity contribution in [3.8, 4) is 11.5 Å². The van der Waals surface area contributed by atoms with Crippen LogP contribution in [0.1, 0.15) is 12.5 Å². The molecule has 0 saturated heterocycles. The van der Waals surface area contributed by atoms with Crippen molar-refractivity contribution < 1.29 is 41.4 Å². The number of esters is 1. The van der Waals surface area contributed by atoms with Gasteiger partial charge in [-0.2, -0.15) is 0 Å². The summed E-state index contributed by atoms with van der Waals surface area (Å²) in [5.41, 5.74) is 1.36. The molecule has 31 heavy (non-hydrogen) atoms. The number of alkyl halides is 3. The van der Waals surface area contributed by atoms with Gasteiger partial charge in [0.25, 0.3) is 5.91 Å². The first kappa shape index (κ1) is 22.0. The van der Waals surface area contributed by atoms with Crippen molar-refractivity contribution in [3.63, 3.8) is 0 Å². The standard InChI is InChI=1S/C21H18F3NO6/c1-12(20(27)25-14-3-5-15(6-4-14)31-21(22,23)24)30-19(26)9-13-11-29-18-10-16(28-2)7-8-17(13)18/h3-8,10-12H,9H2,1-2H3,(H,25,27). The van der Waals surface area contributed by atoms with Gasteiger partial charge in [-0.05, 0) is 43.3 Å². The van der Waals surface area contributed by atoms with Crippen molar-refractivity contribution in [1.82, 2.24) is 0 Å². The molecule has 0 aliphatic rings. The van der Waals surface area contributed by atoms with Crippen LogP contribution in [0.15, 0.2) is 53.1 Å². The molecule has 10 heteroatoms. The summed E-state index contributed by atoms with van der Waals surface area (Å²) in [6, 6.07) is 9.75. The highest BCUT2D eigenvalue weighted by Crippen LogP contribution is 2.26. The molecule has 1 aromatic heterocycles. The fourth-order valence-corrected chi connectivity index (χ4v) is 2.76. The van der Waals surface area contributed by atoms with Crippen molar-refractivity contribution in [2.24, 2.45) is 0 Å². The fraction of sp³-hybridized carbons (Fsp3) is 0.238. The summed E-state index contributed by atoms with van der Waals surface area (Å²) < 4.78 is 56.0. The van der Waals surface area contributed by atoms with Gasteiger partial charge in [0.2, 0.25) is 0 Å². The summed E-state index contributed by atoms with van der Waals surface area (Å²) in [5, 5.41) is 3.17. The van der Waals surface area contributed by atoms with E-state index < -0.39 is 30.1 Å². The number of amides is 1. The van der Waals surface area contributed by atoms with Crippen LogP contribution in [-0.4, -0.2) is 31.5 Å². The zero-order valence-electron chi connectivity index (χ0n) is 16.5. The number of benzene rings is 2. The molecule has 0 fully saturated rings. The number of anilines is 1. The van der Waals surface area contributed by atoms with Gasteiger partial charge < -0.3 is 23.9 Å². The van der Waals surface area contributed by atoms with E-state index in [1.807, 2.05) is 0 Å². The number of halogens is 3. The Morgan fingerprint density at radius 1 is 1.10 bits per heavy atom. The molecule has 0 radical (unpaired) electrons. The average molecular weight is 437 g/mol. The maximum Gasteiger partial charge on any atom is 0.573 e. The molecule has 0 saturated carbocycles. The van der Waals surface area contributed by atoms with Gasteiger partial charge in [-0.1, -0.05) is 0 Å². The van der Waals surface area contributed by atoms with Gasteiger partial charge in [0.15, 0.2) is 6.10 Å². The van der Waals surface area contributed by atoms with Gasteiger partial charge >= 0.3 is 12.3 Å². The molecule has 0 spiro atoms. The minimum absolute atomic E-state index is 0.111. The Hall–Kier alpha value is -3.69. The number of carbonyl (C=O) groups is 2. The Labute approximate surface area is 174 Å². The Balaban J connectivity index is 1.55. The third-order valence-electron chi connectivity index (χ3n) is 4.23. The van der Waals surface area contributed by atoms with Crippen molar-refractivity contribution in [2.75, 3.05) is 12.4 Å². The maximum atomic E-state index is 12.2. The first-order valence-corrected chi connectivity index (χ1v) is 9.05. The van der Waals surface area contributed by atoms with Crippen molar-refractivity contribution in [2.45, 2.75) is 25.8 Å². The van der Waals surface area contributed by atoms with Gasteiger partial charge in [0.05, 0.1) is 19.8 Å². The van der Waals surface area contributed by atoms with Crippen LogP contribution in [0.3, 0.4) is 0 Å². The smallest absolute Gasteiger partial charge is 0.497 e. The second-order valence-electron chi connectivity index (χ2n) is 6.49. The van der Waals surface area contributed by atoms with Gasteiger partial charge in [0.1, 0.15) is 17.1 Å². The lowest BCUT2D eigenvalue weighted by molar-refractivity contribution is -0.274. The summed E-state index contributed by atoms with van der Waals surface area (Å²) in [4.78, 5) is 24.4. The number of ether oxygens (including phenoxy) is 3. The normalized spacial score (nSPS) is 12.3. The Kier molecular flexibility index (Phi) is 6.38. The summed E-state index contributed by atoms with van der Waals surface area (Å²) >= 11 is 0. The van der Waals surface area contributed by atoms with E-state index >= 15 is 0 Å². The number of nitrogens with one attached hydrogen (secondary N) is 1. The van der Waals surface area contributed by atoms with E-state index in [0.29, 0.717) is 16.9 Å². The molecule has 3 rings (SSSR count). The number of furan rings is 1. The number of methoxy groups -OCH3 is 1. The van der Waals surface area contributed by atoms with E-state index in [1.165, 1.54) is 32.4 Å². The third-order valence-corrected chi connectivity index (χ3v) is 4.23. The fourth-order valence-electron chi connectivity index (χ4n) is 2.76. The summed E-state index contributed by atoms with van der Waals surface area (Å²) in [6.45, 7) is 1.38. The highest BCUT2D eigenvalue weighted by Gasteiger charge is 2.31. The van der Waals surface area contributed by atoms with E-state index in [4.69, 9.17) is 13.9 Å². The molecule has 0 aliphatic heterocycles. The van der Waals surface area contributed by atoms with Crippen LogP contribution < -0.4 is 14.8 Å². The van der Waals surface area contributed by atoms with Crippen LogP contribution in [-0.2, 0) is 20.7 Å². The van der Waals surface area contributed by atoms with E-state index in [0.717, 1.165) is 17.5 Å². The Bertz CT molecular complexity index is 1070. The molecule has 0 aliphatic carbocycles. The van der Waals surface area contributed by atoms with E-state index in [2.05, 4.69) is 10.1 Å². The van der Waals surface area contributed by atoms with Crippen LogP contribution in [0.5, 0.6) is 11.5 Å². The summed E-state index contributed by atoms with van der Waals surface area (Å²) in [7, 11) is 1.53. The minimum Gasteiger partial charge on any atom is -0.497 e.